The van der Waals surface area contributed by atoms with Crippen molar-refractivity contribution in [2.75, 3.05) is 0 Å². The summed E-state index contributed by atoms with van der Waals surface area (Å²) in [4.78, 5) is 17.4. The van der Waals surface area contributed by atoms with E-state index in [1.807, 2.05) is 30.3 Å². The zero-order valence-electron chi connectivity index (χ0n) is 15.1. The van der Waals surface area contributed by atoms with Gasteiger partial charge in [-0.15, -0.1) is 5.10 Å². The molecule has 3 aromatic heterocycles. The molecule has 28 heavy (non-hydrogen) atoms. The molecule has 0 aliphatic heterocycles. The van der Waals surface area contributed by atoms with Gasteiger partial charge in [0.25, 0.3) is 5.71 Å². The van der Waals surface area contributed by atoms with Crippen molar-refractivity contribution in [2.24, 2.45) is 0 Å². The van der Waals surface area contributed by atoms with E-state index in [0.29, 0.717) is 39.9 Å². The quantitative estimate of drug-likeness (QED) is 0.489. The van der Waals surface area contributed by atoms with E-state index >= 15 is 0 Å². The Labute approximate surface area is 159 Å². The standard InChI is InChI=1S/C19H16N6O3/c1-11-17-14(19(26)27-10-16-21-23-24-25(16)13-7-8-13)9-15(20-18(17)28-22-11)12-5-3-2-4-6-12/h2-6,9,13H,7-8,10H2,1H3. The number of tetrazole rings is 1. The predicted octanol–water partition coefficient (Wildman–Crippen LogP) is 2.88. The summed E-state index contributed by atoms with van der Waals surface area (Å²) in [5.41, 5.74) is 2.71. The molecular weight excluding hydrogens is 360 g/mol. The van der Waals surface area contributed by atoms with Crippen LogP contribution in [0.25, 0.3) is 22.4 Å². The van der Waals surface area contributed by atoms with Crippen molar-refractivity contribution in [1.82, 2.24) is 30.3 Å². The van der Waals surface area contributed by atoms with E-state index < -0.39 is 5.97 Å². The van der Waals surface area contributed by atoms with Crippen LogP contribution in [-0.2, 0) is 11.3 Å². The molecule has 0 radical (unpaired) electrons. The number of benzene rings is 1. The maximum Gasteiger partial charge on any atom is 0.339 e. The second kappa shape index (κ2) is 6.52. The fraction of sp³-hybridized carbons (Fsp3) is 0.263. The highest BCUT2D eigenvalue weighted by molar-refractivity contribution is 6.04. The highest BCUT2D eigenvalue weighted by atomic mass is 16.5. The van der Waals surface area contributed by atoms with Gasteiger partial charge in [0.15, 0.2) is 12.4 Å². The molecule has 0 saturated heterocycles. The molecule has 5 rings (SSSR count). The first kappa shape index (κ1) is 16.5. The van der Waals surface area contributed by atoms with E-state index in [9.17, 15) is 4.79 Å². The molecule has 1 fully saturated rings. The Bertz CT molecular complexity index is 1160. The second-order valence-corrected chi connectivity index (χ2v) is 6.72. The molecule has 0 unspecified atom stereocenters. The zero-order chi connectivity index (χ0) is 19.1. The molecule has 1 aliphatic carbocycles. The van der Waals surface area contributed by atoms with Gasteiger partial charge < -0.3 is 9.26 Å². The first-order valence-electron chi connectivity index (χ1n) is 8.97. The number of esters is 1. The summed E-state index contributed by atoms with van der Waals surface area (Å²) in [6.45, 7) is 1.76. The Morgan fingerprint density at radius 2 is 2.11 bits per heavy atom. The van der Waals surface area contributed by atoms with Crippen molar-refractivity contribution in [3.63, 3.8) is 0 Å². The number of fused-ring (bicyclic) bond motifs is 1. The Morgan fingerprint density at radius 3 is 2.89 bits per heavy atom. The Kier molecular flexibility index (Phi) is 3.85. The number of hydrogen-bond donors (Lipinski definition) is 0. The number of aromatic nitrogens is 6. The van der Waals surface area contributed by atoms with Gasteiger partial charge in [0.2, 0.25) is 0 Å². The van der Waals surface area contributed by atoms with Gasteiger partial charge in [-0.2, -0.15) is 0 Å². The van der Waals surface area contributed by atoms with E-state index in [-0.39, 0.29) is 6.61 Å². The van der Waals surface area contributed by atoms with Gasteiger partial charge in [0.05, 0.1) is 28.4 Å². The highest BCUT2D eigenvalue weighted by Crippen LogP contribution is 2.34. The smallest absolute Gasteiger partial charge is 0.339 e. The summed E-state index contributed by atoms with van der Waals surface area (Å²) in [7, 11) is 0. The van der Waals surface area contributed by atoms with Gasteiger partial charge in [-0.1, -0.05) is 35.5 Å². The van der Waals surface area contributed by atoms with Crippen molar-refractivity contribution in [3.05, 3.63) is 53.5 Å². The van der Waals surface area contributed by atoms with E-state index in [4.69, 9.17) is 9.26 Å². The Hall–Kier alpha value is -3.62. The van der Waals surface area contributed by atoms with Crippen molar-refractivity contribution < 1.29 is 14.1 Å². The molecule has 3 heterocycles. The lowest BCUT2D eigenvalue weighted by Gasteiger charge is -2.08. The third-order valence-corrected chi connectivity index (χ3v) is 4.69. The largest absolute Gasteiger partial charge is 0.454 e. The normalized spacial score (nSPS) is 13.8. The number of ether oxygens (including phenoxy) is 1. The van der Waals surface area contributed by atoms with E-state index in [1.165, 1.54) is 0 Å². The molecule has 1 aliphatic rings. The average Bonchev–Trinajstić information content (AvgIpc) is 3.35. The van der Waals surface area contributed by atoms with Crippen LogP contribution < -0.4 is 0 Å². The van der Waals surface area contributed by atoms with Crippen LogP contribution in [0.5, 0.6) is 0 Å². The van der Waals surface area contributed by atoms with Crippen LogP contribution in [0, 0.1) is 6.92 Å². The fourth-order valence-electron chi connectivity index (χ4n) is 3.13. The van der Waals surface area contributed by atoms with Crippen LogP contribution in [-0.4, -0.2) is 36.3 Å². The van der Waals surface area contributed by atoms with Crippen molar-refractivity contribution in [1.29, 1.82) is 0 Å². The van der Waals surface area contributed by atoms with Crippen LogP contribution >= 0.6 is 0 Å². The van der Waals surface area contributed by atoms with E-state index in [1.54, 1.807) is 17.7 Å². The van der Waals surface area contributed by atoms with Crippen molar-refractivity contribution in [2.45, 2.75) is 32.4 Å². The van der Waals surface area contributed by atoms with Crippen LogP contribution in [0.15, 0.2) is 40.9 Å². The van der Waals surface area contributed by atoms with Crippen LogP contribution in [0.1, 0.15) is 40.8 Å². The number of nitrogens with zero attached hydrogens (tertiary/aromatic N) is 6. The molecule has 0 spiro atoms. The molecule has 9 heteroatoms. The summed E-state index contributed by atoms with van der Waals surface area (Å²) < 4.78 is 12.5. The lowest BCUT2D eigenvalue weighted by molar-refractivity contribution is 0.0458. The molecule has 0 atom stereocenters. The molecule has 1 saturated carbocycles. The molecule has 0 N–H and O–H groups in total. The number of carbonyl (C=O) groups is 1. The SMILES string of the molecule is Cc1noc2nc(-c3ccccc3)cc(C(=O)OCc3nnnn3C3CC3)c12. The number of rotatable bonds is 5. The van der Waals surface area contributed by atoms with Gasteiger partial charge in [0, 0.05) is 5.56 Å². The lowest BCUT2D eigenvalue weighted by atomic mass is 10.1. The molecule has 9 nitrogen and oxygen atoms in total. The van der Waals surface area contributed by atoms with Gasteiger partial charge in [-0.05, 0) is 36.3 Å². The molecular formula is C19H16N6O3. The Balaban J connectivity index is 1.49. The number of carbonyl (C=O) groups excluding carboxylic acids is 1. The first-order chi connectivity index (χ1) is 13.7. The third kappa shape index (κ3) is 2.90. The number of hydrogen-bond acceptors (Lipinski definition) is 8. The number of pyridine rings is 1. The van der Waals surface area contributed by atoms with Gasteiger partial charge in [0.1, 0.15) is 0 Å². The number of aryl methyl sites for hydroxylation is 1. The van der Waals surface area contributed by atoms with E-state index in [2.05, 4.69) is 25.7 Å². The fourth-order valence-corrected chi connectivity index (χ4v) is 3.13. The molecule has 1 aromatic carbocycles. The minimum atomic E-state index is -0.499. The molecule has 0 bridgehead atoms. The van der Waals surface area contributed by atoms with Gasteiger partial charge >= 0.3 is 5.97 Å². The predicted molar refractivity (Wildman–Crippen MR) is 97.2 cm³/mol. The average molecular weight is 376 g/mol. The Morgan fingerprint density at radius 1 is 1.29 bits per heavy atom. The maximum atomic E-state index is 12.9. The summed E-state index contributed by atoms with van der Waals surface area (Å²) in [5, 5.41) is 16.1. The molecule has 4 aromatic rings. The lowest BCUT2D eigenvalue weighted by Crippen LogP contribution is -2.11. The topological polar surface area (TPSA) is 109 Å². The van der Waals surface area contributed by atoms with Crippen molar-refractivity contribution in [3.8, 4) is 11.3 Å². The summed E-state index contributed by atoms with van der Waals surface area (Å²) in [5.74, 6) is 0.0349. The van der Waals surface area contributed by atoms with Crippen molar-refractivity contribution >= 4 is 17.1 Å². The monoisotopic (exact) mass is 376 g/mol. The van der Waals surface area contributed by atoms with Crippen LogP contribution in [0.3, 0.4) is 0 Å². The second-order valence-electron chi connectivity index (χ2n) is 6.72. The van der Waals surface area contributed by atoms with Crippen LogP contribution in [0.2, 0.25) is 0 Å². The zero-order valence-corrected chi connectivity index (χ0v) is 15.1. The van der Waals surface area contributed by atoms with Crippen LogP contribution in [0.4, 0.5) is 0 Å². The first-order valence-corrected chi connectivity index (χ1v) is 8.97. The van der Waals surface area contributed by atoms with E-state index in [0.717, 1.165) is 18.4 Å². The third-order valence-electron chi connectivity index (χ3n) is 4.69. The minimum Gasteiger partial charge on any atom is -0.454 e. The van der Waals surface area contributed by atoms with Gasteiger partial charge in [-0.3, -0.25) is 0 Å². The summed E-state index contributed by atoms with van der Waals surface area (Å²) >= 11 is 0. The summed E-state index contributed by atoms with van der Waals surface area (Å²) in [6, 6.07) is 11.6. The minimum absolute atomic E-state index is 0.00283. The van der Waals surface area contributed by atoms with Gasteiger partial charge in [-0.25, -0.2) is 14.5 Å². The molecule has 0 amide bonds. The molecule has 140 valence electrons. The maximum absolute atomic E-state index is 12.9. The highest BCUT2D eigenvalue weighted by Gasteiger charge is 2.28. The summed E-state index contributed by atoms with van der Waals surface area (Å²) in [6.07, 6.45) is 2.08.